The summed E-state index contributed by atoms with van der Waals surface area (Å²) in [4.78, 5) is 17.2. The first-order valence-electron chi connectivity index (χ1n) is 10.6. The fourth-order valence-corrected chi connectivity index (χ4v) is 5.28. The van der Waals surface area contributed by atoms with Gasteiger partial charge in [-0.15, -0.1) is 4.40 Å². The number of carbonyl (C=O) groups excluding carboxylic acids is 1. The van der Waals surface area contributed by atoms with E-state index in [0.717, 1.165) is 31.5 Å². The molecule has 31 heavy (non-hydrogen) atoms. The molecule has 7 nitrogen and oxygen atoms in total. The van der Waals surface area contributed by atoms with Crippen molar-refractivity contribution in [1.82, 2.24) is 9.80 Å². The molecule has 164 valence electrons. The third kappa shape index (κ3) is 4.80. The van der Waals surface area contributed by atoms with E-state index < -0.39 is 10.0 Å². The van der Waals surface area contributed by atoms with Crippen molar-refractivity contribution in [1.29, 1.82) is 0 Å². The fourth-order valence-electron chi connectivity index (χ4n) is 4.05. The molecule has 0 aliphatic carbocycles. The highest BCUT2D eigenvalue weighted by Crippen LogP contribution is 2.30. The average Bonchev–Trinajstić information content (AvgIpc) is 3.04. The zero-order valence-corrected chi connectivity index (χ0v) is 18.7. The van der Waals surface area contributed by atoms with Gasteiger partial charge in [-0.3, -0.25) is 4.79 Å². The SMILES string of the molecule is CN(C)CCc1ccc(NC(=O)C2CCCN(C3=NS(=O)(=O)c4ccccc43)C2)cc1. The number of sulfonamides is 1. The lowest BCUT2D eigenvalue weighted by Gasteiger charge is -2.33. The molecule has 1 N–H and O–H groups in total. The van der Waals surface area contributed by atoms with Gasteiger partial charge in [-0.25, -0.2) is 0 Å². The molecule has 2 heterocycles. The van der Waals surface area contributed by atoms with Crippen LogP contribution >= 0.6 is 0 Å². The minimum Gasteiger partial charge on any atom is -0.355 e. The maximum atomic E-state index is 12.9. The Morgan fingerprint density at radius 1 is 1.16 bits per heavy atom. The number of likely N-dealkylation sites (tertiary alicyclic amines) is 1. The van der Waals surface area contributed by atoms with E-state index in [1.165, 1.54) is 5.56 Å². The van der Waals surface area contributed by atoms with Crippen LogP contribution < -0.4 is 5.32 Å². The van der Waals surface area contributed by atoms with E-state index in [2.05, 4.69) is 14.6 Å². The van der Waals surface area contributed by atoms with Gasteiger partial charge in [-0.05, 0) is 63.2 Å². The van der Waals surface area contributed by atoms with Crippen molar-refractivity contribution in [2.75, 3.05) is 39.0 Å². The van der Waals surface area contributed by atoms with Crippen LogP contribution in [0.3, 0.4) is 0 Å². The zero-order chi connectivity index (χ0) is 22.0. The summed E-state index contributed by atoms with van der Waals surface area (Å²) in [6, 6.07) is 14.8. The minimum absolute atomic E-state index is 0.0412. The third-order valence-electron chi connectivity index (χ3n) is 5.77. The highest BCUT2D eigenvalue weighted by molar-refractivity contribution is 7.90. The molecule has 4 rings (SSSR count). The summed E-state index contributed by atoms with van der Waals surface area (Å²) in [6.45, 7) is 2.12. The van der Waals surface area contributed by atoms with Gasteiger partial charge in [0.1, 0.15) is 4.90 Å². The van der Waals surface area contributed by atoms with Gasteiger partial charge >= 0.3 is 0 Å². The van der Waals surface area contributed by atoms with E-state index in [1.54, 1.807) is 18.2 Å². The number of amides is 1. The summed E-state index contributed by atoms with van der Waals surface area (Å²) < 4.78 is 28.8. The van der Waals surface area contributed by atoms with Crippen LogP contribution in [0.5, 0.6) is 0 Å². The number of fused-ring (bicyclic) bond motifs is 1. The maximum Gasteiger partial charge on any atom is 0.285 e. The molecule has 0 radical (unpaired) electrons. The quantitative estimate of drug-likeness (QED) is 0.773. The van der Waals surface area contributed by atoms with Crippen molar-refractivity contribution >= 4 is 27.5 Å². The number of amidine groups is 1. The number of nitrogens with zero attached hydrogens (tertiary/aromatic N) is 3. The lowest BCUT2D eigenvalue weighted by molar-refractivity contribution is -0.121. The molecule has 1 saturated heterocycles. The lowest BCUT2D eigenvalue weighted by Crippen LogP contribution is -2.43. The van der Waals surface area contributed by atoms with Gasteiger partial charge in [0.2, 0.25) is 5.91 Å². The van der Waals surface area contributed by atoms with E-state index in [-0.39, 0.29) is 16.7 Å². The van der Waals surface area contributed by atoms with Gasteiger partial charge in [0, 0.05) is 30.9 Å². The standard InChI is InChI=1S/C23H28N4O3S/c1-26(2)15-13-17-9-11-19(12-10-17)24-23(28)18-6-5-14-27(16-18)22-20-7-3-4-8-21(20)31(29,30)25-22/h3-4,7-12,18H,5-6,13-16H2,1-2H3,(H,24,28). The van der Waals surface area contributed by atoms with Crippen LogP contribution in [0.4, 0.5) is 5.69 Å². The molecule has 1 fully saturated rings. The van der Waals surface area contributed by atoms with E-state index in [9.17, 15) is 13.2 Å². The largest absolute Gasteiger partial charge is 0.355 e. The molecule has 2 aromatic carbocycles. The predicted molar refractivity (Wildman–Crippen MR) is 122 cm³/mol. The normalized spacial score (nSPS) is 19.8. The molecular formula is C23H28N4O3S. The molecule has 1 atom stereocenters. The number of nitrogens with one attached hydrogen (secondary N) is 1. The van der Waals surface area contributed by atoms with Crippen LogP contribution in [0.15, 0.2) is 57.8 Å². The second-order valence-corrected chi connectivity index (χ2v) is 9.98. The van der Waals surface area contributed by atoms with Crippen LogP contribution in [0.25, 0.3) is 0 Å². The van der Waals surface area contributed by atoms with Gasteiger partial charge in [0.25, 0.3) is 10.0 Å². The smallest absolute Gasteiger partial charge is 0.285 e. The number of rotatable bonds is 5. The first kappa shape index (κ1) is 21.5. The van der Waals surface area contributed by atoms with Crippen molar-refractivity contribution in [3.8, 4) is 0 Å². The summed E-state index contributed by atoms with van der Waals surface area (Å²) in [5, 5.41) is 3.02. The molecule has 0 bridgehead atoms. The van der Waals surface area contributed by atoms with Gasteiger partial charge in [-0.2, -0.15) is 8.42 Å². The van der Waals surface area contributed by atoms with Crippen molar-refractivity contribution in [2.45, 2.75) is 24.2 Å². The summed E-state index contributed by atoms with van der Waals surface area (Å²) in [6.07, 6.45) is 2.54. The molecule has 2 aliphatic rings. The van der Waals surface area contributed by atoms with Gasteiger partial charge < -0.3 is 15.1 Å². The molecule has 2 aliphatic heterocycles. The summed E-state index contributed by atoms with van der Waals surface area (Å²) in [5.74, 6) is 0.194. The van der Waals surface area contributed by atoms with E-state index in [4.69, 9.17) is 0 Å². The Bertz CT molecular complexity index is 1090. The van der Waals surface area contributed by atoms with E-state index in [0.29, 0.717) is 24.5 Å². The Kier molecular flexibility index (Phi) is 6.11. The number of anilines is 1. The van der Waals surface area contributed by atoms with Gasteiger partial charge in [-0.1, -0.05) is 24.3 Å². The Morgan fingerprint density at radius 3 is 2.65 bits per heavy atom. The molecule has 8 heteroatoms. The summed E-state index contributed by atoms with van der Waals surface area (Å²) in [7, 11) is 0.436. The highest BCUT2D eigenvalue weighted by atomic mass is 32.2. The Labute approximate surface area is 183 Å². The first-order valence-corrected chi connectivity index (χ1v) is 12.0. The molecule has 2 aromatic rings. The fraction of sp³-hybridized carbons (Fsp3) is 0.391. The molecule has 1 unspecified atom stereocenters. The number of piperidine rings is 1. The number of hydrogen-bond acceptors (Lipinski definition) is 5. The number of hydrogen-bond donors (Lipinski definition) is 1. The Hall–Kier alpha value is -2.71. The molecule has 1 amide bonds. The van der Waals surface area contributed by atoms with Crippen LogP contribution in [-0.2, 0) is 21.2 Å². The van der Waals surface area contributed by atoms with Crippen molar-refractivity contribution in [3.05, 3.63) is 59.7 Å². The molecule has 0 aromatic heterocycles. The predicted octanol–water partition coefficient (Wildman–Crippen LogP) is 2.59. The van der Waals surface area contributed by atoms with Gasteiger partial charge in [0.15, 0.2) is 5.84 Å². The Balaban J connectivity index is 1.42. The van der Waals surface area contributed by atoms with Crippen LogP contribution in [0.2, 0.25) is 0 Å². The van der Waals surface area contributed by atoms with Crippen molar-refractivity contribution in [3.63, 3.8) is 0 Å². The highest BCUT2D eigenvalue weighted by Gasteiger charge is 2.35. The monoisotopic (exact) mass is 440 g/mol. The topological polar surface area (TPSA) is 82.1 Å². The lowest BCUT2D eigenvalue weighted by atomic mass is 9.96. The van der Waals surface area contributed by atoms with Crippen molar-refractivity contribution < 1.29 is 13.2 Å². The Morgan fingerprint density at radius 2 is 1.90 bits per heavy atom. The number of carbonyl (C=O) groups is 1. The molecular weight excluding hydrogens is 412 g/mol. The zero-order valence-electron chi connectivity index (χ0n) is 17.9. The van der Waals surface area contributed by atoms with E-state index >= 15 is 0 Å². The number of benzene rings is 2. The minimum atomic E-state index is -3.66. The second kappa shape index (κ2) is 8.80. The van der Waals surface area contributed by atoms with Crippen LogP contribution in [0, 0.1) is 5.92 Å². The molecule has 0 saturated carbocycles. The average molecular weight is 441 g/mol. The van der Waals surface area contributed by atoms with Gasteiger partial charge in [0.05, 0.1) is 5.92 Å². The summed E-state index contributed by atoms with van der Waals surface area (Å²) in [5.41, 5.74) is 2.63. The summed E-state index contributed by atoms with van der Waals surface area (Å²) >= 11 is 0. The van der Waals surface area contributed by atoms with Crippen LogP contribution in [-0.4, -0.2) is 63.7 Å². The molecule has 0 spiro atoms. The maximum absolute atomic E-state index is 12.9. The number of likely N-dealkylation sites (N-methyl/N-ethyl adjacent to an activating group) is 1. The van der Waals surface area contributed by atoms with E-state index in [1.807, 2.05) is 49.3 Å². The second-order valence-electron chi connectivity index (χ2n) is 8.41. The third-order valence-corrected chi connectivity index (χ3v) is 7.10. The van der Waals surface area contributed by atoms with Crippen molar-refractivity contribution in [2.24, 2.45) is 10.3 Å². The van der Waals surface area contributed by atoms with Crippen LogP contribution in [0.1, 0.15) is 24.0 Å². The first-order chi connectivity index (χ1) is 14.8.